The molecule has 1 saturated heterocycles. The zero-order valence-corrected chi connectivity index (χ0v) is 22.1. The van der Waals surface area contributed by atoms with Crippen molar-refractivity contribution in [2.75, 3.05) is 18.4 Å². The van der Waals surface area contributed by atoms with Crippen LogP contribution in [0.1, 0.15) is 49.0 Å². The average Bonchev–Trinajstić information content (AvgIpc) is 3.55. The van der Waals surface area contributed by atoms with Crippen LogP contribution in [-0.2, 0) is 4.79 Å². The summed E-state index contributed by atoms with van der Waals surface area (Å²) in [6.45, 7) is 6.71. The zero-order chi connectivity index (χ0) is 26.8. The SMILES string of the molecule is CC(=O)NC1CCN(C(=O)c2nnc(-c3cnc(-c4ccc5cc(C#N)cnn45)cc3NC(C)C)s2)CC1. The molecule has 5 heterocycles. The van der Waals surface area contributed by atoms with Crippen LogP contribution < -0.4 is 10.6 Å². The molecule has 194 valence electrons. The predicted molar refractivity (Wildman–Crippen MR) is 144 cm³/mol. The lowest BCUT2D eigenvalue weighted by atomic mass is 10.1. The molecule has 0 aliphatic carbocycles. The highest BCUT2D eigenvalue weighted by atomic mass is 32.1. The molecule has 0 aromatic carbocycles. The van der Waals surface area contributed by atoms with Gasteiger partial charge in [0.25, 0.3) is 5.91 Å². The Labute approximate surface area is 223 Å². The third-order valence-corrected chi connectivity index (χ3v) is 7.21. The smallest absolute Gasteiger partial charge is 0.284 e. The van der Waals surface area contributed by atoms with Crippen LogP contribution in [0.2, 0.25) is 0 Å². The molecule has 4 aromatic heterocycles. The van der Waals surface area contributed by atoms with Gasteiger partial charge in [-0.1, -0.05) is 11.3 Å². The summed E-state index contributed by atoms with van der Waals surface area (Å²) < 4.78 is 1.75. The first-order valence-corrected chi connectivity index (χ1v) is 13.2. The standard InChI is InChI=1S/C26H27N9O2S/c1-15(2)30-21-11-22(23-5-4-19-10-17(12-27)13-29-35(19)23)28-14-20(21)24-32-33-25(38-24)26(37)34-8-6-18(7-9-34)31-16(3)36/h4-5,10-11,13-15,18H,6-9H2,1-3H3,(H,28,30)(H,31,36). The van der Waals surface area contributed by atoms with Crippen LogP contribution in [0.25, 0.3) is 27.5 Å². The van der Waals surface area contributed by atoms with Gasteiger partial charge < -0.3 is 15.5 Å². The van der Waals surface area contributed by atoms with E-state index in [1.54, 1.807) is 21.7 Å². The van der Waals surface area contributed by atoms with Gasteiger partial charge in [-0.15, -0.1) is 10.2 Å². The van der Waals surface area contributed by atoms with Crippen molar-refractivity contribution in [3.8, 4) is 28.0 Å². The van der Waals surface area contributed by atoms with Gasteiger partial charge in [-0.25, -0.2) is 4.52 Å². The highest BCUT2D eigenvalue weighted by Gasteiger charge is 2.27. The van der Waals surface area contributed by atoms with Crippen LogP contribution in [0, 0.1) is 11.3 Å². The molecule has 1 aliphatic heterocycles. The second-order valence-corrected chi connectivity index (χ2v) is 10.5. The number of anilines is 1. The molecule has 2 amide bonds. The van der Waals surface area contributed by atoms with Crippen molar-refractivity contribution in [3.63, 3.8) is 0 Å². The Morgan fingerprint density at radius 1 is 1.16 bits per heavy atom. The van der Waals surface area contributed by atoms with Crippen molar-refractivity contribution in [1.82, 2.24) is 35.0 Å². The Kier molecular flexibility index (Phi) is 7.02. The number of hydrogen-bond acceptors (Lipinski definition) is 9. The summed E-state index contributed by atoms with van der Waals surface area (Å²) in [6, 6.07) is 9.88. The molecule has 0 saturated carbocycles. The number of pyridine rings is 1. The molecule has 0 atom stereocenters. The van der Waals surface area contributed by atoms with Crippen molar-refractivity contribution < 1.29 is 9.59 Å². The summed E-state index contributed by atoms with van der Waals surface area (Å²) >= 11 is 1.24. The Bertz CT molecular complexity index is 1540. The van der Waals surface area contributed by atoms with E-state index in [9.17, 15) is 9.59 Å². The highest BCUT2D eigenvalue weighted by molar-refractivity contribution is 7.16. The van der Waals surface area contributed by atoms with Gasteiger partial charge in [0.2, 0.25) is 10.9 Å². The van der Waals surface area contributed by atoms with Crippen molar-refractivity contribution in [1.29, 1.82) is 5.26 Å². The Balaban J connectivity index is 1.40. The van der Waals surface area contributed by atoms with Crippen LogP contribution in [-0.4, -0.2) is 66.7 Å². The number of carbonyl (C=O) groups excluding carboxylic acids is 2. The Hall–Kier alpha value is -4.37. The van der Waals surface area contributed by atoms with E-state index >= 15 is 0 Å². The van der Waals surface area contributed by atoms with Crippen LogP contribution >= 0.6 is 11.3 Å². The van der Waals surface area contributed by atoms with Crippen LogP contribution in [0.5, 0.6) is 0 Å². The van der Waals surface area contributed by atoms with Crippen molar-refractivity contribution >= 4 is 34.4 Å². The molecule has 2 N–H and O–H groups in total. The van der Waals surface area contributed by atoms with Gasteiger partial charge in [-0.3, -0.25) is 14.6 Å². The quantitative estimate of drug-likeness (QED) is 0.387. The molecule has 0 radical (unpaired) electrons. The molecule has 5 rings (SSSR count). The topological polar surface area (TPSA) is 141 Å². The maximum absolute atomic E-state index is 13.1. The van der Waals surface area contributed by atoms with E-state index in [1.165, 1.54) is 24.5 Å². The number of likely N-dealkylation sites (tertiary alicyclic amines) is 1. The number of carbonyl (C=O) groups is 2. The van der Waals surface area contributed by atoms with Crippen molar-refractivity contribution in [2.24, 2.45) is 0 Å². The lowest BCUT2D eigenvalue weighted by Gasteiger charge is -2.31. The fraction of sp³-hybridized carbons (Fsp3) is 0.346. The van der Waals surface area contributed by atoms with Gasteiger partial charge in [-0.2, -0.15) is 10.4 Å². The number of nitriles is 1. The number of nitrogens with one attached hydrogen (secondary N) is 2. The second kappa shape index (κ2) is 10.5. The highest BCUT2D eigenvalue weighted by Crippen LogP contribution is 2.34. The zero-order valence-electron chi connectivity index (χ0n) is 21.3. The second-order valence-electron chi connectivity index (χ2n) is 9.50. The number of fused-ring (bicyclic) bond motifs is 1. The average molecular weight is 530 g/mol. The van der Waals surface area contributed by atoms with E-state index in [2.05, 4.69) is 37.0 Å². The summed E-state index contributed by atoms with van der Waals surface area (Å²) in [7, 11) is 0. The van der Waals surface area contributed by atoms with Gasteiger partial charge >= 0.3 is 0 Å². The third kappa shape index (κ3) is 5.19. The summed E-state index contributed by atoms with van der Waals surface area (Å²) in [4.78, 5) is 30.9. The molecular weight excluding hydrogens is 502 g/mol. The van der Waals surface area contributed by atoms with Gasteiger partial charge in [0.1, 0.15) is 6.07 Å². The monoisotopic (exact) mass is 529 g/mol. The molecule has 1 aliphatic rings. The minimum Gasteiger partial charge on any atom is -0.382 e. The van der Waals surface area contributed by atoms with Gasteiger partial charge in [0.15, 0.2) is 5.01 Å². The number of aromatic nitrogens is 5. The normalized spacial score (nSPS) is 14.0. The molecule has 0 unspecified atom stereocenters. The molecule has 1 fully saturated rings. The fourth-order valence-corrected chi connectivity index (χ4v) is 5.35. The number of piperidine rings is 1. The molecule has 12 heteroatoms. The number of nitrogens with zero attached hydrogens (tertiary/aromatic N) is 7. The predicted octanol–water partition coefficient (Wildman–Crippen LogP) is 3.35. The molecule has 38 heavy (non-hydrogen) atoms. The van der Waals surface area contributed by atoms with E-state index in [0.29, 0.717) is 47.2 Å². The Morgan fingerprint density at radius 2 is 1.95 bits per heavy atom. The number of hydrogen-bond donors (Lipinski definition) is 2. The van der Waals surface area contributed by atoms with E-state index in [0.717, 1.165) is 22.5 Å². The third-order valence-electron chi connectivity index (χ3n) is 6.27. The summed E-state index contributed by atoms with van der Waals surface area (Å²) in [5.74, 6) is -0.205. The first-order valence-electron chi connectivity index (χ1n) is 12.4. The van der Waals surface area contributed by atoms with Crippen molar-refractivity contribution in [2.45, 2.75) is 45.7 Å². The Morgan fingerprint density at radius 3 is 2.66 bits per heavy atom. The molecular formula is C26H27N9O2S. The molecule has 0 spiro atoms. The van der Waals surface area contributed by atoms with Crippen LogP contribution in [0.3, 0.4) is 0 Å². The maximum atomic E-state index is 13.1. The van der Waals surface area contributed by atoms with Gasteiger partial charge in [-0.05, 0) is 51.0 Å². The van der Waals surface area contributed by atoms with Gasteiger partial charge in [0.05, 0.1) is 34.2 Å². The summed E-state index contributed by atoms with van der Waals surface area (Å²) in [5.41, 5.74) is 4.36. The molecule has 0 bridgehead atoms. The van der Waals surface area contributed by atoms with E-state index in [4.69, 9.17) is 5.26 Å². The minimum absolute atomic E-state index is 0.0523. The molecule has 4 aromatic rings. The lowest BCUT2D eigenvalue weighted by molar-refractivity contribution is -0.119. The summed E-state index contributed by atoms with van der Waals surface area (Å²) in [5, 5.41) is 29.4. The summed E-state index contributed by atoms with van der Waals surface area (Å²) in [6.07, 6.45) is 4.69. The first-order chi connectivity index (χ1) is 18.3. The largest absolute Gasteiger partial charge is 0.382 e. The fourth-order valence-electron chi connectivity index (χ4n) is 4.52. The first kappa shape index (κ1) is 25.3. The number of amides is 2. The van der Waals surface area contributed by atoms with Crippen LogP contribution in [0.4, 0.5) is 5.69 Å². The minimum atomic E-state index is -0.152. The van der Waals surface area contributed by atoms with Gasteiger partial charge in [0, 0.05) is 44.0 Å². The maximum Gasteiger partial charge on any atom is 0.284 e. The van der Waals surface area contributed by atoms with Crippen LogP contribution in [0.15, 0.2) is 36.7 Å². The lowest BCUT2D eigenvalue weighted by Crippen LogP contribution is -2.46. The van der Waals surface area contributed by atoms with Crippen molar-refractivity contribution in [3.05, 3.63) is 47.2 Å². The van der Waals surface area contributed by atoms with E-state index < -0.39 is 0 Å². The van der Waals surface area contributed by atoms with E-state index in [1.807, 2.05) is 32.0 Å². The molecule has 11 nitrogen and oxygen atoms in total. The van der Waals surface area contributed by atoms with E-state index in [-0.39, 0.29) is 23.9 Å². The number of rotatable bonds is 6.